The average molecular weight is 604 g/mol. The van der Waals surface area contributed by atoms with Gasteiger partial charge in [-0.25, -0.2) is 0 Å². The number of rotatable bonds is 8. The van der Waals surface area contributed by atoms with E-state index in [9.17, 15) is 5.26 Å². The van der Waals surface area contributed by atoms with Gasteiger partial charge in [0.25, 0.3) is 0 Å². The first-order valence-corrected chi connectivity index (χ1v) is 15.9. The van der Waals surface area contributed by atoms with Crippen LogP contribution in [0.25, 0.3) is 16.7 Å². The average Bonchev–Trinajstić information content (AvgIpc) is 3.49. The van der Waals surface area contributed by atoms with Gasteiger partial charge in [0, 0.05) is 65.8 Å². The number of nitrogens with zero attached hydrogens (tertiary/aromatic N) is 3. The normalized spacial score (nSPS) is 12.1. The Morgan fingerprint density at radius 1 is 0.778 bits per heavy atom. The summed E-state index contributed by atoms with van der Waals surface area (Å²) in [6.07, 6.45) is 8.81. The highest BCUT2D eigenvalue weighted by atomic mass is 32.1. The first-order valence-electron chi connectivity index (χ1n) is 15.1. The number of para-hydroxylation sites is 2. The summed E-state index contributed by atoms with van der Waals surface area (Å²) in [6, 6.07) is 42.3. The van der Waals surface area contributed by atoms with Crippen molar-refractivity contribution in [3.05, 3.63) is 161 Å². The standard InChI is InChI=1S/C40H34N4S/c1-4-44(34-18-12-7-13-19-34)35-26-22-31(23-27-35)37(30-20-24-33(25-21-30)43(3)32-16-10-6-11-17-32)39-38(29-14-8-5-9-15-29)36(28-41)40(42-2)45-39/h5-27H,4H2,1-3H3/p+1. The van der Waals surface area contributed by atoms with Crippen LogP contribution in [0.2, 0.25) is 0 Å². The van der Waals surface area contributed by atoms with E-state index in [1.807, 2.05) is 37.4 Å². The predicted molar refractivity (Wildman–Crippen MR) is 191 cm³/mol. The summed E-state index contributed by atoms with van der Waals surface area (Å²) >= 11 is 1.63. The highest BCUT2D eigenvalue weighted by molar-refractivity contribution is 7.18. The molecule has 4 nitrogen and oxygen atoms in total. The zero-order chi connectivity index (χ0) is 31.2. The summed E-state index contributed by atoms with van der Waals surface area (Å²) < 4.78 is 2.31. The molecule has 0 saturated carbocycles. The molecule has 5 aromatic rings. The van der Waals surface area contributed by atoms with Crippen LogP contribution in [-0.4, -0.2) is 30.9 Å². The number of allylic oxidation sites excluding steroid dienone is 5. The van der Waals surface area contributed by atoms with Gasteiger partial charge in [0.1, 0.15) is 17.6 Å². The second-order valence-electron chi connectivity index (χ2n) is 10.7. The molecule has 1 aliphatic carbocycles. The van der Waals surface area contributed by atoms with Crippen LogP contribution >= 0.6 is 11.3 Å². The predicted octanol–water partition coefficient (Wildman–Crippen LogP) is 9.83. The molecule has 1 aliphatic rings. The maximum Gasteiger partial charge on any atom is 0.205 e. The van der Waals surface area contributed by atoms with E-state index in [0.29, 0.717) is 5.56 Å². The maximum absolute atomic E-state index is 10.4. The number of nitriles is 1. The summed E-state index contributed by atoms with van der Waals surface area (Å²) in [4.78, 5) is 3.25. The van der Waals surface area contributed by atoms with E-state index < -0.39 is 0 Å². The van der Waals surface area contributed by atoms with Gasteiger partial charge in [-0.1, -0.05) is 78.9 Å². The van der Waals surface area contributed by atoms with Gasteiger partial charge >= 0.3 is 0 Å². The van der Waals surface area contributed by atoms with Crippen molar-refractivity contribution in [1.82, 2.24) is 0 Å². The summed E-state index contributed by atoms with van der Waals surface area (Å²) in [7, 11) is 3.97. The van der Waals surface area contributed by atoms with E-state index >= 15 is 0 Å². The molecule has 0 atom stereocenters. The molecule has 1 N–H and O–H groups in total. The Hall–Kier alpha value is -5.44. The Labute approximate surface area is 269 Å². The van der Waals surface area contributed by atoms with Gasteiger partial charge in [0.15, 0.2) is 0 Å². The highest BCUT2D eigenvalue weighted by Crippen LogP contribution is 2.46. The third kappa shape index (κ3) is 6.02. The van der Waals surface area contributed by atoms with Crippen molar-refractivity contribution in [2.24, 2.45) is 0 Å². The zero-order valence-electron chi connectivity index (χ0n) is 25.7. The Morgan fingerprint density at radius 2 is 1.36 bits per heavy atom. The van der Waals surface area contributed by atoms with Gasteiger partial charge < -0.3 is 10.2 Å². The van der Waals surface area contributed by atoms with Gasteiger partial charge in [0.2, 0.25) is 11.4 Å². The van der Waals surface area contributed by atoms with Crippen LogP contribution in [0.1, 0.15) is 22.9 Å². The fraction of sp³-hybridized carbons (Fsp3) is 0.100. The van der Waals surface area contributed by atoms with Crippen LogP contribution in [0.3, 0.4) is 0 Å². The summed E-state index contributed by atoms with van der Waals surface area (Å²) in [5.41, 5.74) is 10.5. The van der Waals surface area contributed by atoms with Gasteiger partial charge in [-0.3, -0.25) is 0 Å². The third-order valence-corrected chi connectivity index (χ3v) is 9.30. The molecule has 220 valence electrons. The zero-order valence-corrected chi connectivity index (χ0v) is 26.6. The SMILES string of the molecule is CC[N+](=C1C=CC(=C(c2ccc(N(C)c3ccccc3)cc2)c2sc(NC)c(C#N)c2-c2ccccc2)C=C1)c1ccccc1. The molecule has 4 aromatic carbocycles. The largest absolute Gasteiger partial charge is 0.379 e. The van der Waals surface area contributed by atoms with Crippen molar-refractivity contribution in [2.75, 3.05) is 30.9 Å². The van der Waals surface area contributed by atoms with Crippen molar-refractivity contribution in [1.29, 1.82) is 5.26 Å². The summed E-state index contributed by atoms with van der Waals surface area (Å²) in [5, 5.41) is 14.5. The minimum absolute atomic E-state index is 0.666. The molecule has 0 aliphatic heterocycles. The van der Waals surface area contributed by atoms with Crippen LogP contribution in [-0.2, 0) is 0 Å². The molecule has 0 amide bonds. The lowest BCUT2D eigenvalue weighted by Gasteiger charge is -2.20. The Balaban J connectivity index is 1.53. The molecule has 0 unspecified atom stereocenters. The van der Waals surface area contributed by atoms with E-state index in [4.69, 9.17) is 0 Å². The lowest BCUT2D eigenvalue weighted by molar-refractivity contribution is -0.434. The van der Waals surface area contributed by atoms with Crippen LogP contribution < -0.4 is 10.2 Å². The lowest BCUT2D eigenvalue weighted by atomic mass is 9.90. The summed E-state index contributed by atoms with van der Waals surface area (Å²) in [5.74, 6) is 0. The molecule has 45 heavy (non-hydrogen) atoms. The molecule has 1 heterocycles. The number of nitrogens with one attached hydrogen (secondary N) is 1. The van der Waals surface area contributed by atoms with Gasteiger partial charge in [-0.15, -0.1) is 11.3 Å². The van der Waals surface area contributed by atoms with Crippen molar-refractivity contribution in [3.63, 3.8) is 0 Å². The molecule has 0 radical (unpaired) electrons. The molecule has 0 bridgehead atoms. The van der Waals surface area contributed by atoms with Crippen LogP contribution in [0.15, 0.2) is 145 Å². The molecule has 1 aromatic heterocycles. The monoisotopic (exact) mass is 603 g/mol. The quantitative estimate of drug-likeness (QED) is 0.180. The van der Waals surface area contributed by atoms with Crippen molar-refractivity contribution < 1.29 is 4.58 Å². The highest BCUT2D eigenvalue weighted by Gasteiger charge is 2.25. The smallest absolute Gasteiger partial charge is 0.205 e. The summed E-state index contributed by atoms with van der Waals surface area (Å²) in [6.45, 7) is 3.03. The van der Waals surface area contributed by atoms with Crippen molar-refractivity contribution in [3.8, 4) is 17.2 Å². The minimum Gasteiger partial charge on any atom is -0.379 e. The molecule has 5 heteroatoms. The number of hydrogen-bond donors (Lipinski definition) is 1. The van der Waals surface area contributed by atoms with Crippen LogP contribution in [0, 0.1) is 11.3 Å². The molecular formula is C40H35N4S+. The molecule has 0 saturated heterocycles. The van der Waals surface area contributed by atoms with Crippen molar-refractivity contribution >= 4 is 44.7 Å². The fourth-order valence-corrected chi connectivity index (χ4v) is 7.00. The topological polar surface area (TPSA) is 42.1 Å². The third-order valence-electron chi connectivity index (χ3n) is 8.08. The number of benzene rings is 4. The number of anilines is 3. The molecule has 6 rings (SSSR count). The van der Waals surface area contributed by atoms with E-state index in [1.165, 1.54) is 0 Å². The van der Waals surface area contributed by atoms with E-state index in [0.717, 1.165) is 67.0 Å². The van der Waals surface area contributed by atoms with Crippen molar-refractivity contribution in [2.45, 2.75) is 6.92 Å². The van der Waals surface area contributed by atoms with Gasteiger partial charge in [0.05, 0.1) is 5.56 Å². The molecule has 0 spiro atoms. The number of hydrogen-bond acceptors (Lipinski definition) is 4. The maximum atomic E-state index is 10.4. The Morgan fingerprint density at radius 3 is 1.93 bits per heavy atom. The first-order chi connectivity index (χ1) is 22.1. The fourth-order valence-electron chi connectivity index (χ4n) is 5.78. The van der Waals surface area contributed by atoms with Gasteiger partial charge in [-0.05, 0) is 60.0 Å². The second-order valence-corrected chi connectivity index (χ2v) is 11.7. The van der Waals surface area contributed by atoms with Crippen LogP contribution in [0.5, 0.6) is 0 Å². The lowest BCUT2D eigenvalue weighted by Crippen LogP contribution is -2.14. The second kappa shape index (κ2) is 13.5. The first kappa shape index (κ1) is 29.6. The van der Waals surface area contributed by atoms with E-state index in [1.54, 1.807) is 11.3 Å². The Kier molecular flexibility index (Phi) is 8.86. The minimum atomic E-state index is 0.666. The van der Waals surface area contributed by atoms with Gasteiger partial charge in [-0.2, -0.15) is 9.84 Å². The van der Waals surface area contributed by atoms with E-state index in [-0.39, 0.29) is 0 Å². The number of thiophene rings is 1. The molecular weight excluding hydrogens is 569 g/mol. The van der Waals surface area contributed by atoms with Crippen LogP contribution in [0.4, 0.5) is 22.1 Å². The Bertz CT molecular complexity index is 1940. The van der Waals surface area contributed by atoms with E-state index in [2.05, 4.69) is 144 Å². The molecule has 0 fully saturated rings.